The van der Waals surface area contributed by atoms with Crippen molar-refractivity contribution in [1.29, 1.82) is 0 Å². The van der Waals surface area contributed by atoms with Crippen LogP contribution in [0.4, 0.5) is 0 Å². The summed E-state index contributed by atoms with van der Waals surface area (Å²) < 4.78 is 37.9. The van der Waals surface area contributed by atoms with E-state index in [-0.39, 0.29) is 42.3 Å². The number of carbonyl (C=O) groups is 3. The SMILES string of the molecule is C=C(COC)C(=O)Oc1ccc(-c2cc(OC(=O)C(=C)COC)c(-c3ccc(OC(=O)C(=C)COC)cc3)cc2OCCCC)cc1. The second-order valence-corrected chi connectivity index (χ2v) is 10.4. The maximum Gasteiger partial charge on any atom is 0.341 e. The molecule has 0 radical (unpaired) electrons. The second kappa shape index (κ2) is 18.2. The van der Waals surface area contributed by atoms with Gasteiger partial charge < -0.3 is 33.2 Å². The summed E-state index contributed by atoms with van der Waals surface area (Å²) in [6.45, 7) is 13.7. The number of hydrogen-bond acceptors (Lipinski definition) is 10. The molecule has 0 heterocycles. The fourth-order valence-corrected chi connectivity index (χ4v) is 4.18. The van der Waals surface area contributed by atoms with Gasteiger partial charge in [-0.1, -0.05) is 57.3 Å². The van der Waals surface area contributed by atoms with Crippen LogP contribution >= 0.6 is 0 Å². The number of hydrogen-bond donors (Lipinski definition) is 0. The molecule has 0 saturated heterocycles. The molecule has 0 aliphatic carbocycles. The fourth-order valence-electron chi connectivity index (χ4n) is 4.18. The molecule has 0 aromatic heterocycles. The zero-order valence-electron chi connectivity index (χ0n) is 27.2. The predicted molar refractivity (Wildman–Crippen MR) is 178 cm³/mol. The lowest BCUT2D eigenvalue weighted by atomic mass is 9.97. The summed E-state index contributed by atoms with van der Waals surface area (Å²) in [5.74, 6) is -0.496. The van der Waals surface area contributed by atoms with Gasteiger partial charge in [-0.2, -0.15) is 0 Å². The minimum atomic E-state index is -0.667. The number of benzene rings is 3. The average Bonchev–Trinajstić information content (AvgIpc) is 3.06. The first-order valence-electron chi connectivity index (χ1n) is 14.8. The lowest BCUT2D eigenvalue weighted by Crippen LogP contribution is -2.15. The van der Waals surface area contributed by atoms with Gasteiger partial charge in [0.2, 0.25) is 0 Å². The van der Waals surface area contributed by atoms with Crippen molar-refractivity contribution < 1.29 is 47.5 Å². The molecule has 3 rings (SSSR count). The van der Waals surface area contributed by atoms with Gasteiger partial charge in [-0.25, -0.2) is 14.4 Å². The fraction of sp³-hybridized carbons (Fsp3) is 0.270. The molecule has 0 bridgehead atoms. The van der Waals surface area contributed by atoms with Gasteiger partial charge in [0.1, 0.15) is 23.0 Å². The highest BCUT2D eigenvalue weighted by molar-refractivity contribution is 5.93. The molecule has 3 aromatic carbocycles. The number of carbonyl (C=O) groups excluding carboxylic acids is 3. The summed E-state index contributed by atoms with van der Waals surface area (Å²) in [7, 11) is 4.38. The predicted octanol–water partition coefficient (Wildman–Crippen LogP) is 6.52. The Morgan fingerprint density at radius 1 is 0.574 bits per heavy atom. The first-order chi connectivity index (χ1) is 22.6. The molecule has 0 aliphatic heterocycles. The summed E-state index contributed by atoms with van der Waals surface area (Å²) in [6.07, 6.45) is 1.74. The zero-order chi connectivity index (χ0) is 34.3. The Morgan fingerprint density at radius 2 is 0.957 bits per heavy atom. The molecule has 0 atom stereocenters. The van der Waals surface area contributed by atoms with E-state index in [1.165, 1.54) is 21.3 Å². The molecule has 0 saturated carbocycles. The topological polar surface area (TPSA) is 116 Å². The largest absolute Gasteiger partial charge is 0.493 e. The summed E-state index contributed by atoms with van der Waals surface area (Å²) in [5.41, 5.74) is 3.04. The number of rotatable bonds is 18. The van der Waals surface area contributed by atoms with Crippen LogP contribution in [-0.2, 0) is 28.6 Å². The van der Waals surface area contributed by atoms with Crippen LogP contribution in [0.5, 0.6) is 23.0 Å². The molecule has 0 amide bonds. The van der Waals surface area contributed by atoms with Crippen molar-refractivity contribution in [2.24, 2.45) is 0 Å². The van der Waals surface area contributed by atoms with Gasteiger partial charge in [-0.05, 0) is 53.9 Å². The Morgan fingerprint density at radius 3 is 1.36 bits per heavy atom. The van der Waals surface area contributed by atoms with Crippen molar-refractivity contribution in [3.8, 4) is 45.3 Å². The monoisotopic (exact) mass is 644 g/mol. The third kappa shape index (κ3) is 10.5. The Kier molecular flexibility index (Phi) is 14.1. The minimum absolute atomic E-state index is 0.00928. The van der Waals surface area contributed by atoms with Crippen molar-refractivity contribution in [3.63, 3.8) is 0 Å². The molecule has 0 N–H and O–H groups in total. The van der Waals surface area contributed by atoms with Gasteiger partial charge in [0.15, 0.2) is 0 Å². The van der Waals surface area contributed by atoms with Crippen LogP contribution in [0.15, 0.2) is 97.1 Å². The van der Waals surface area contributed by atoms with Gasteiger partial charge in [0.05, 0.1) is 43.1 Å². The van der Waals surface area contributed by atoms with Crippen molar-refractivity contribution in [2.45, 2.75) is 19.8 Å². The maximum absolute atomic E-state index is 13.0. The lowest BCUT2D eigenvalue weighted by Gasteiger charge is -2.18. The summed E-state index contributed by atoms with van der Waals surface area (Å²) in [5, 5.41) is 0. The highest BCUT2D eigenvalue weighted by Gasteiger charge is 2.20. The molecule has 3 aromatic rings. The Labute approximate surface area is 275 Å². The van der Waals surface area contributed by atoms with Gasteiger partial charge in [-0.3, -0.25) is 0 Å². The first kappa shape index (κ1) is 36.4. The number of esters is 3. The third-order valence-electron chi connectivity index (χ3n) is 6.61. The molecule has 10 heteroatoms. The van der Waals surface area contributed by atoms with E-state index in [2.05, 4.69) is 26.7 Å². The van der Waals surface area contributed by atoms with Crippen LogP contribution in [0.25, 0.3) is 22.3 Å². The van der Waals surface area contributed by atoms with E-state index < -0.39 is 17.9 Å². The van der Waals surface area contributed by atoms with E-state index in [4.69, 9.17) is 33.2 Å². The summed E-state index contributed by atoms with van der Waals surface area (Å²) in [4.78, 5) is 37.6. The van der Waals surface area contributed by atoms with Crippen molar-refractivity contribution >= 4 is 17.9 Å². The van der Waals surface area contributed by atoms with Crippen LogP contribution in [0.1, 0.15) is 19.8 Å². The second-order valence-electron chi connectivity index (χ2n) is 10.4. The molecule has 0 unspecified atom stereocenters. The molecular formula is C37H40O10. The van der Waals surface area contributed by atoms with Gasteiger partial charge in [-0.15, -0.1) is 0 Å². The molecule has 47 heavy (non-hydrogen) atoms. The highest BCUT2D eigenvalue weighted by Crippen LogP contribution is 2.42. The summed E-state index contributed by atoms with van der Waals surface area (Å²) >= 11 is 0. The van der Waals surface area contributed by atoms with E-state index in [1.807, 2.05) is 0 Å². The Hall–Kier alpha value is -5.03. The van der Waals surface area contributed by atoms with Crippen LogP contribution < -0.4 is 18.9 Å². The molecule has 0 aliphatic rings. The summed E-state index contributed by atoms with van der Waals surface area (Å²) in [6, 6.07) is 17.0. The smallest absolute Gasteiger partial charge is 0.341 e. The van der Waals surface area contributed by atoms with Crippen molar-refractivity contribution in [1.82, 2.24) is 0 Å². The van der Waals surface area contributed by atoms with E-state index in [1.54, 1.807) is 60.7 Å². The normalized spacial score (nSPS) is 10.6. The quantitative estimate of drug-likeness (QED) is 0.0656. The highest BCUT2D eigenvalue weighted by atomic mass is 16.5. The number of ether oxygens (including phenoxy) is 7. The molecule has 248 valence electrons. The van der Waals surface area contributed by atoms with Crippen LogP contribution in [0.3, 0.4) is 0 Å². The minimum Gasteiger partial charge on any atom is -0.493 e. The van der Waals surface area contributed by atoms with Crippen molar-refractivity contribution in [3.05, 3.63) is 97.1 Å². The third-order valence-corrected chi connectivity index (χ3v) is 6.61. The lowest BCUT2D eigenvalue weighted by molar-refractivity contribution is -0.131. The van der Waals surface area contributed by atoms with Crippen LogP contribution in [-0.4, -0.2) is 65.7 Å². The van der Waals surface area contributed by atoms with Gasteiger partial charge >= 0.3 is 17.9 Å². The molecule has 0 fully saturated rings. The maximum atomic E-state index is 13.0. The number of methoxy groups -OCH3 is 3. The molecule has 0 spiro atoms. The number of unbranched alkanes of at least 4 members (excludes halogenated alkanes) is 1. The Bertz CT molecular complexity index is 1590. The van der Waals surface area contributed by atoms with Crippen molar-refractivity contribution in [2.75, 3.05) is 47.8 Å². The van der Waals surface area contributed by atoms with Gasteiger partial charge in [0.25, 0.3) is 0 Å². The van der Waals surface area contributed by atoms with E-state index >= 15 is 0 Å². The van der Waals surface area contributed by atoms with Gasteiger partial charge in [0, 0.05) is 32.5 Å². The molecule has 10 nitrogen and oxygen atoms in total. The average molecular weight is 645 g/mol. The van der Waals surface area contributed by atoms with E-state index in [9.17, 15) is 14.4 Å². The zero-order valence-corrected chi connectivity index (χ0v) is 27.2. The van der Waals surface area contributed by atoms with Crippen LogP contribution in [0, 0.1) is 0 Å². The van der Waals surface area contributed by atoms with E-state index in [0.717, 1.165) is 12.8 Å². The standard InChI is InChI=1S/C37H40O10/c1-8-9-18-44-33-19-32(28-12-16-30(17-13-28)46-36(39)25(3)22-42-6)34(47-37(40)26(4)23-43-7)20-31(33)27-10-14-29(15-11-27)45-35(38)24(2)21-41-5/h10-17,19-20H,2-4,8-9,18,21-23H2,1,5-7H3. The first-order valence-corrected chi connectivity index (χ1v) is 14.8. The van der Waals surface area contributed by atoms with E-state index in [0.29, 0.717) is 46.1 Å². The molecular weight excluding hydrogens is 604 g/mol. The Balaban J connectivity index is 2.06. The van der Waals surface area contributed by atoms with Crippen LogP contribution in [0.2, 0.25) is 0 Å².